The van der Waals surface area contributed by atoms with Crippen molar-refractivity contribution in [2.45, 2.75) is 166 Å². The summed E-state index contributed by atoms with van der Waals surface area (Å²) in [5.41, 5.74) is 39.4. The van der Waals surface area contributed by atoms with Crippen molar-refractivity contribution < 1.29 is 43.9 Å². The van der Waals surface area contributed by atoms with E-state index in [9.17, 15) is 0 Å². The Morgan fingerprint density at radius 2 is 0.441 bits per heavy atom. The Balaban J connectivity index is 0.000000190. The van der Waals surface area contributed by atoms with Crippen LogP contribution in [0, 0.1) is 166 Å². The van der Waals surface area contributed by atoms with Gasteiger partial charge in [0.15, 0.2) is 37.2 Å². The summed E-state index contributed by atoms with van der Waals surface area (Å²) in [7, 11) is 11.9. The van der Waals surface area contributed by atoms with Crippen LogP contribution in [0.2, 0.25) is 0 Å². The largest absolute Gasteiger partial charge is 0.212 e. The van der Waals surface area contributed by atoms with Gasteiger partial charge in [0.2, 0.25) is 34.2 Å². The third kappa shape index (κ3) is 19.8. The Morgan fingerprint density at radius 1 is 0.186 bits per heavy atom. The van der Waals surface area contributed by atoms with E-state index in [0.29, 0.717) is 27.8 Å². The molecular formula is C96H120N6+6. The van der Waals surface area contributed by atoms with Crippen molar-refractivity contribution in [2.75, 3.05) is 0 Å². The molecule has 6 nitrogen and oxygen atoms in total. The molecule has 0 saturated carbocycles. The number of aromatic nitrogens is 6. The third-order valence-corrected chi connectivity index (χ3v) is 19.9. The fourth-order valence-corrected chi connectivity index (χ4v) is 12.6. The van der Waals surface area contributed by atoms with Crippen LogP contribution in [-0.4, -0.2) is 0 Å². The van der Waals surface area contributed by atoms with E-state index in [1.165, 1.54) is 123 Å². The van der Waals surface area contributed by atoms with Crippen molar-refractivity contribution in [2.24, 2.45) is 42.3 Å². The molecule has 6 heterocycles. The molecule has 102 heavy (non-hydrogen) atoms. The molecule has 0 fully saturated rings. The van der Waals surface area contributed by atoms with Gasteiger partial charge in [-0.05, 0) is 280 Å². The minimum Gasteiger partial charge on any atom is -0.201 e. The van der Waals surface area contributed by atoms with Gasteiger partial charge in [-0.25, -0.2) is 27.4 Å². The van der Waals surface area contributed by atoms with E-state index in [1.807, 2.05) is 68.3 Å². The standard InChI is InChI=1S/6C16H20N/c2*1-11-6-7-15(13(3)8-11)16-9-12(2)14(4)10-17(16)5;2*1-11-6-7-12(2)15(8-11)16-9-13(3)14(4)10-17(16)5;2*1-11-7-6-8-15(14(11)4)16-9-12(2)13(3)10-17(16)5/h6*6-10H,1-5H3/q6*+1/i1D3,4D3;;4D3;;3D3;. The molecule has 12 aromatic rings. The molecule has 0 atom stereocenters. The number of nitrogens with zero attached hydrogens (tertiary/aromatic N) is 6. The molecule has 0 saturated heterocycles. The van der Waals surface area contributed by atoms with Crippen molar-refractivity contribution in [3.63, 3.8) is 0 Å². The highest BCUT2D eigenvalue weighted by Crippen LogP contribution is 2.30. The van der Waals surface area contributed by atoms with E-state index in [2.05, 4.69) is 267 Å². The van der Waals surface area contributed by atoms with Crippen LogP contribution in [0.4, 0.5) is 0 Å². The predicted molar refractivity (Wildman–Crippen MR) is 432 cm³/mol. The first kappa shape index (κ1) is 63.2. The summed E-state index contributed by atoms with van der Waals surface area (Å²) < 4.78 is 103. The zero-order valence-electron chi connectivity index (χ0n) is 78.0. The molecule has 0 N–H and O–H groups in total. The summed E-state index contributed by atoms with van der Waals surface area (Å²) >= 11 is 0. The summed E-state index contributed by atoms with van der Waals surface area (Å²) in [4.78, 5) is 0. The molecule has 0 radical (unpaired) electrons. The molecule has 0 amide bonds. The van der Waals surface area contributed by atoms with Crippen LogP contribution >= 0.6 is 0 Å². The van der Waals surface area contributed by atoms with Gasteiger partial charge >= 0.3 is 0 Å². The third-order valence-electron chi connectivity index (χ3n) is 19.9. The second-order valence-corrected chi connectivity index (χ2v) is 28.5. The first-order valence-electron chi connectivity index (χ1n) is 41.2. The second kappa shape index (κ2) is 34.7. The molecule has 0 bridgehead atoms. The van der Waals surface area contributed by atoms with Gasteiger partial charge < -0.3 is 0 Å². The number of hydrogen-bond acceptors (Lipinski definition) is 0. The van der Waals surface area contributed by atoms with Gasteiger partial charge in [-0.1, -0.05) is 95.1 Å². The molecule has 0 spiro atoms. The summed E-state index contributed by atoms with van der Waals surface area (Å²) in [6, 6.07) is 49.9. The van der Waals surface area contributed by atoms with Crippen LogP contribution in [0.5, 0.6) is 0 Å². The lowest BCUT2D eigenvalue weighted by atomic mass is 9.99. The molecule has 6 heteroatoms. The van der Waals surface area contributed by atoms with Crippen LogP contribution in [0.25, 0.3) is 67.5 Å². The maximum atomic E-state index is 7.58. The zero-order valence-corrected chi connectivity index (χ0v) is 66.0. The second-order valence-electron chi connectivity index (χ2n) is 28.5. The van der Waals surface area contributed by atoms with Gasteiger partial charge in [0.25, 0.3) is 0 Å². The molecule has 0 aliphatic heterocycles. The normalized spacial score (nSPS) is 12.9. The number of aryl methyl sites for hydroxylation is 28. The van der Waals surface area contributed by atoms with Crippen molar-refractivity contribution in [3.05, 3.63) is 316 Å². The van der Waals surface area contributed by atoms with Gasteiger partial charge in [-0.15, -0.1) is 0 Å². The summed E-state index contributed by atoms with van der Waals surface area (Å²) in [5, 5.41) is 0. The molecule has 12 rings (SSSR count). The Kier molecular flexibility index (Phi) is 21.5. The highest BCUT2D eigenvalue weighted by Gasteiger charge is 2.21. The van der Waals surface area contributed by atoms with E-state index < -0.39 is 27.4 Å². The number of rotatable bonds is 6. The van der Waals surface area contributed by atoms with Crippen LogP contribution in [-0.2, 0) is 42.3 Å². The van der Waals surface area contributed by atoms with E-state index in [1.54, 1.807) is 55.3 Å². The predicted octanol–water partition coefficient (Wildman–Crippen LogP) is 20.5. The number of benzene rings is 6. The minimum absolute atomic E-state index is 0.303. The van der Waals surface area contributed by atoms with Gasteiger partial charge in [0.05, 0.1) is 0 Å². The van der Waals surface area contributed by atoms with Crippen LogP contribution in [0.1, 0.15) is 150 Å². The molecule has 0 aliphatic carbocycles. The van der Waals surface area contributed by atoms with Crippen LogP contribution in [0.15, 0.2) is 183 Å². The highest BCUT2D eigenvalue weighted by atomic mass is 14.9. The lowest BCUT2D eigenvalue weighted by Crippen LogP contribution is -2.31. The van der Waals surface area contributed by atoms with Gasteiger partial charge in [0.1, 0.15) is 42.3 Å². The number of hydrogen-bond donors (Lipinski definition) is 0. The molecule has 6 aromatic carbocycles. The lowest BCUT2D eigenvalue weighted by Gasteiger charge is -2.08. The van der Waals surface area contributed by atoms with E-state index in [-0.39, 0.29) is 0 Å². The Bertz CT molecular complexity index is 5400. The van der Waals surface area contributed by atoms with E-state index >= 15 is 0 Å². The Labute approximate surface area is 632 Å². The smallest absolute Gasteiger partial charge is 0.201 e. The Morgan fingerprint density at radius 3 is 0.745 bits per heavy atom. The summed E-state index contributed by atoms with van der Waals surface area (Å²) in [5.74, 6) is 0. The zero-order chi connectivity index (χ0) is 85.5. The SMILES string of the molecule is Cc1cc(-c2cccc(C)c2C)[n+](C)cc1C.Cc1ccc(-c2cc(C)c(C)c[n+]2C)c(C)c1.Cc1ccc(C)c(-c2cc(C)c(C)c[n+]2C)c1.[2H]C([2H])([2H])c1c[n+](C)c(-c2cc(C)ccc2C)cc1C.[2H]C([2H])([2H])c1c[n+](C)c(-c2cccc(C)c2C)cc1C.[2H]C([2H])([2H])c1ccc(-c2cc(C)c(C([2H])([2H])[2H])c[n+]2C)c(C)c1. The quantitative estimate of drug-likeness (QED) is 0.148. The fraction of sp³-hybridized carbons (Fsp3) is 0.312. The average Bonchev–Trinajstić information content (AvgIpc) is 0.805. The lowest BCUT2D eigenvalue weighted by molar-refractivity contribution is -0.660. The molecule has 6 aromatic heterocycles. The molecule has 0 unspecified atom stereocenters. The topological polar surface area (TPSA) is 23.3 Å². The maximum absolute atomic E-state index is 7.58. The maximum Gasteiger partial charge on any atom is 0.212 e. The molecular weight excluding hydrogens is 1240 g/mol. The van der Waals surface area contributed by atoms with Gasteiger partial charge in [0, 0.05) is 120 Å². The summed E-state index contributed by atoms with van der Waals surface area (Å²) in [6.45, 7) is 33.2. The van der Waals surface area contributed by atoms with Crippen LogP contribution < -0.4 is 27.4 Å². The highest BCUT2D eigenvalue weighted by molar-refractivity contribution is 5.67. The van der Waals surface area contributed by atoms with Crippen LogP contribution in [0.3, 0.4) is 0 Å². The van der Waals surface area contributed by atoms with E-state index in [0.717, 1.165) is 50.5 Å². The van der Waals surface area contributed by atoms with Crippen molar-refractivity contribution in [1.82, 2.24) is 0 Å². The first-order chi connectivity index (χ1) is 52.8. The Hall–Kier alpha value is -9.78. The van der Waals surface area contributed by atoms with Gasteiger partial charge in [-0.2, -0.15) is 0 Å². The van der Waals surface area contributed by atoms with Gasteiger partial charge in [-0.3, -0.25) is 0 Å². The minimum atomic E-state index is -2.15. The average molecular weight is 1370 g/mol. The monoisotopic (exact) mass is 1370 g/mol. The number of pyridine rings is 6. The fourth-order valence-electron chi connectivity index (χ4n) is 12.6. The summed E-state index contributed by atoms with van der Waals surface area (Å²) in [6.07, 6.45) is 11.7. The van der Waals surface area contributed by atoms with Crippen molar-refractivity contribution in [3.8, 4) is 67.5 Å². The first-order valence-corrected chi connectivity index (χ1v) is 35.2. The van der Waals surface area contributed by atoms with E-state index in [4.69, 9.17) is 16.4 Å². The van der Waals surface area contributed by atoms with Crippen molar-refractivity contribution in [1.29, 1.82) is 0 Å². The molecule has 528 valence electrons. The molecule has 0 aliphatic rings. The van der Waals surface area contributed by atoms with Crippen molar-refractivity contribution >= 4 is 0 Å².